The molecule has 2 amide bonds. The molecule has 0 saturated heterocycles. The lowest BCUT2D eigenvalue weighted by molar-refractivity contribution is -0.133. The van der Waals surface area contributed by atoms with E-state index >= 15 is 0 Å². The molecule has 0 bridgehead atoms. The lowest BCUT2D eigenvalue weighted by atomic mass is 10.1. The highest BCUT2D eigenvalue weighted by molar-refractivity contribution is 5.94. The van der Waals surface area contributed by atoms with Gasteiger partial charge in [0.25, 0.3) is 5.91 Å². The Labute approximate surface area is 179 Å². The van der Waals surface area contributed by atoms with E-state index in [-0.39, 0.29) is 43.5 Å². The van der Waals surface area contributed by atoms with Crippen molar-refractivity contribution in [1.29, 1.82) is 0 Å². The summed E-state index contributed by atoms with van der Waals surface area (Å²) in [5.74, 6) is 1.66. The molecule has 8 heteroatoms. The molecule has 0 saturated carbocycles. The van der Waals surface area contributed by atoms with E-state index in [1.54, 1.807) is 29.4 Å². The number of ether oxygens (including phenoxy) is 2. The Morgan fingerprint density at radius 3 is 2.45 bits per heavy atom. The summed E-state index contributed by atoms with van der Waals surface area (Å²) < 4.78 is 21.5. The summed E-state index contributed by atoms with van der Waals surface area (Å²) in [6, 6.07) is 12.2. The van der Waals surface area contributed by atoms with E-state index in [1.807, 2.05) is 38.1 Å². The molecule has 8 nitrogen and oxygen atoms in total. The summed E-state index contributed by atoms with van der Waals surface area (Å²) in [6.45, 7) is 4.44. The number of carbonyl (C=O) groups excluding carboxylic acids is 2. The number of carbonyl (C=O) groups is 2. The van der Waals surface area contributed by atoms with E-state index in [4.69, 9.17) is 18.3 Å². The van der Waals surface area contributed by atoms with Crippen LogP contribution in [0.4, 0.5) is 0 Å². The van der Waals surface area contributed by atoms with Crippen molar-refractivity contribution in [2.75, 3.05) is 13.3 Å². The Morgan fingerprint density at radius 2 is 1.74 bits per heavy atom. The smallest absolute Gasteiger partial charge is 0.290 e. The molecule has 1 aliphatic heterocycles. The molecule has 4 rings (SSSR count). The van der Waals surface area contributed by atoms with E-state index < -0.39 is 0 Å². The van der Waals surface area contributed by atoms with Crippen molar-refractivity contribution in [3.05, 3.63) is 72.1 Å². The largest absolute Gasteiger partial charge is 0.467 e. The average Bonchev–Trinajstić information content (AvgIpc) is 3.53. The second-order valence-electron chi connectivity index (χ2n) is 7.52. The number of hydrogen-bond donors (Lipinski definition) is 0. The minimum atomic E-state index is -0.325. The zero-order valence-corrected chi connectivity index (χ0v) is 17.4. The molecule has 0 fully saturated rings. The molecule has 0 atom stereocenters. The first kappa shape index (κ1) is 20.6. The zero-order valence-electron chi connectivity index (χ0n) is 17.4. The molecule has 162 valence electrons. The second kappa shape index (κ2) is 8.99. The van der Waals surface area contributed by atoms with Gasteiger partial charge in [-0.1, -0.05) is 6.07 Å². The average molecular weight is 424 g/mol. The van der Waals surface area contributed by atoms with E-state index in [2.05, 4.69) is 0 Å². The lowest BCUT2D eigenvalue weighted by Crippen LogP contribution is -2.45. The first-order valence-corrected chi connectivity index (χ1v) is 10.0. The van der Waals surface area contributed by atoms with Crippen LogP contribution < -0.4 is 9.47 Å². The number of benzene rings is 1. The molecule has 3 aromatic rings. The Balaban J connectivity index is 1.53. The van der Waals surface area contributed by atoms with Gasteiger partial charge in [0.05, 0.1) is 19.1 Å². The normalized spacial score (nSPS) is 12.2. The van der Waals surface area contributed by atoms with Crippen LogP contribution in [0.1, 0.15) is 35.7 Å². The highest BCUT2D eigenvalue weighted by Crippen LogP contribution is 2.33. The van der Waals surface area contributed by atoms with Crippen LogP contribution in [0, 0.1) is 0 Å². The van der Waals surface area contributed by atoms with Crippen LogP contribution in [-0.2, 0) is 17.9 Å². The van der Waals surface area contributed by atoms with E-state index in [0.29, 0.717) is 23.8 Å². The third-order valence-electron chi connectivity index (χ3n) is 5.01. The number of hydrogen-bond acceptors (Lipinski definition) is 6. The van der Waals surface area contributed by atoms with Gasteiger partial charge in [-0.2, -0.15) is 0 Å². The lowest BCUT2D eigenvalue weighted by Gasteiger charge is -2.29. The summed E-state index contributed by atoms with van der Waals surface area (Å²) in [7, 11) is 0. The van der Waals surface area contributed by atoms with E-state index in [1.165, 1.54) is 11.2 Å². The van der Waals surface area contributed by atoms with Crippen molar-refractivity contribution in [2.45, 2.75) is 33.0 Å². The van der Waals surface area contributed by atoms with Gasteiger partial charge in [0, 0.05) is 12.6 Å². The van der Waals surface area contributed by atoms with Gasteiger partial charge in [-0.05, 0) is 55.8 Å². The molecule has 0 radical (unpaired) electrons. The zero-order chi connectivity index (χ0) is 21.8. The van der Waals surface area contributed by atoms with Gasteiger partial charge < -0.3 is 28.1 Å². The first-order valence-electron chi connectivity index (χ1n) is 10.0. The predicted molar refractivity (Wildman–Crippen MR) is 110 cm³/mol. The minimum Gasteiger partial charge on any atom is -0.467 e. The predicted octanol–water partition coefficient (Wildman–Crippen LogP) is 3.68. The highest BCUT2D eigenvalue weighted by Gasteiger charge is 2.27. The third kappa shape index (κ3) is 4.74. The first-order chi connectivity index (χ1) is 15.0. The molecule has 0 spiro atoms. The van der Waals surface area contributed by atoms with Gasteiger partial charge in [0.1, 0.15) is 12.3 Å². The van der Waals surface area contributed by atoms with Gasteiger partial charge in [-0.15, -0.1) is 0 Å². The summed E-state index contributed by atoms with van der Waals surface area (Å²) in [6.07, 6.45) is 3.01. The van der Waals surface area contributed by atoms with Gasteiger partial charge in [-0.3, -0.25) is 9.59 Å². The van der Waals surface area contributed by atoms with Crippen LogP contribution in [0.5, 0.6) is 11.5 Å². The maximum Gasteiger partial charge on any atom is 0.290 e. The van der Waals surface area contributed by atoms with Crippen LogP contribution >= 0.6 is 0 Å². The maximum absolute atomic E-state index is 13.3. The fourth-order valence-corrected chi connectivity index (χ4v) is 3.36. The fourth-order valence-electron chi connectivity index (χ4n) is 3.36. The number of nitrogens with zero attached hydrogens (tertiary/aromatic N) is 2. The van der Waals surface area contributed by atoms with Crippen LogP contribution in [0.15, 0.2) is 63.8 Å². The Hall–Kier alpha value is -3.68. The molecule has 2 aromatic heterocycles. The van der Waals surface area contributed by atoms with Crippen molar-refractivity contribution in [3.8, 4) is 11.5 Å². The van der Waals surface area contributed by atoms with Gasteiger partial charge in [0.15, 0.2) is 17.3 Å². The van der Waals surface area contributed by atoms with Crippen molar-refractivity contribution >= 4 is 11.8 Å². The van der Waals surface area contributed by atoms with Crippen molar-refractivity contribution < 1.29 is 27.9 Å². The van der Waals surface area contributed by atoms with Gasteiger partial charge in [0.2, 0.25) is 12.7 Å². The quantitative estimate of drug-likeness (QED) is 0.548. The number of rotatable bonds is 8. The van der Waals surface area contributed by atoms with Crippen LogP contribution in [-0.4, -0.2) is 41.0 Å². The van der Waals surface area contributed by atoms with Gasteiger partial charge in [-0.25, -0.2) is 0 Å². The molecule has 0 aliphatic carbocycles. The Kier molecular flexibility index (Phi) is 5.97. The second-order valence-corrected chi connectivity index (χ2v) is 7.52. The van der Waals surface area contributed by atoms with Crippen LogP contribution in [0.2, 0.25) is 0 Å². The van der Waals surface area contributed by atoms with E-state index in [0.717, 1.165) is 5.56 Å². The number of fused-ring (bicyclic) bond motifs is 1. The monoisotopic (exact) mass is 424 g/mol. The Morgan fingerprint density at radius 1 is 0.968 bits per heavy atom. The van der Waals surface area contributed by atoms with Crippen molar-refractivity contribution in [1.82, 2.24) is 9.80 Å². The summed E-state index contributed by atoms with van der Waals surface area (Å²) in [5, 5.41) is 0. The summed E-state index contributed by atoms with van der Waals surface area (Å²) >= 11 is 0. The minimum absolute atomic E-state index is 0.0809. The molecular weight excluding hydrogens is 400 g/mol. The topological polar surface area (TPSA) is 85.4 Å². The molecule has 1 aromatic carbocycles. The summed E-state index contributed by atoms with van der Waals surface area (Å²) in [4.78, 5) is 29.3. The SMILES string of the molecule is CC(C)N(CC(=O)N(Cc1ccc2c(c1)OCO2)Cc1ccco1)C(=O)c1ccco1. The van der Waals surface area contributed by atoms with Crippen LogP contribution in [0.3, 0.4) is 0 Å². The molecule has 31 heavy (non-hydrogen) atoms. The number of amides is 2. The third-order valence-corrected chi connectivity index (χ3v) is 5.01. The van der Waals surface area contributed by atoms with Gasteiger partial charge >= 0.3 is 0 Å². The molecular formula is C23H24N2O6. The maximum atomic E-state index is 13.3. The van der Waals surface area contributed by atoms with Crippen LogP contribution in [0.25, 0.3) is 0 Å². The summed E-state index contributed by atoms with van der Waals surface area (Å²) in [5.41, 5.74) is 0.887. The standard InChI is InChI=1S/C23H24N2O6/c1-16(2)25(23(27)20-6-4-10-29-20)14-22(26)24(13-18-5-3-9-28-18)12-17-7-8-19-21(11-17)31-15-30-19/h3-11,16H,12-15H2,1-2H3. The molecule has 3 heterocycles. The molecule has 0 N–H and O–H groups in total. The Bertz CT molecular complexity index is 1030. The van der Waals surface area contributed by atoms with Crippen molar-refractivity contribution in [2.24, 2.45) is 0 Å². The fraction of sp³-hybridized carbons (Fsp3) is 0.304. The highest BCUT2D eigenvalue weighted by atomic mass is 16.7. The van der Waals surface area contributed by atoms with Crippen molar-refractivity contribution in [3.63, 3.8) is 0 Å². The number of furan rings is 2. The molecule has 1 aliphatic rings. The molecule has 0 unspecified atom stereocenters. The van der Waals surface area contributed by atoms with E-state index in [9.17, 15) is 9.59 Å².